The first kappa shape index (κ1) is 12.9. The van der Waals surface area contributed by atoms with Crippen LogP contribution in [0, 0.1) is 5.82 Å². The molecule has 0 aromatic heterocycles. The maximum absolute atomic E-state index is 13.4. The van der Waals surface area contributed by atoms with Crippen molar-refractivity contribution < 1.29 is 26.4 Å². The summed E-state index contributed by atoms with van der Waals surface area (Å²) >= 11 is 0. The van der Waals surface area contributed by atoms with Crippen molar-refractivity contribution in [3.05, 3.63) is 29.1 Å². The van der Waals surface area contributed by atoms with Crippen molar-refractivity contribution in [1.82, 2.24) is 0 Å². The summed E-state index contributed by atoms with van der Waals surface area (Å²) in [6, 6.07) is 1.91. The number of fused-ring (bicyclic) bond motifs is 1. The number of nitrogens with one attached hydrogen (secondary N) is 1. The first-order valence-corrected chi connectivity index (χ1v) is 6.52. The molecule has 1 aromatic carbocycles. The fraction of sp³-hybridized carbons (Fsp3) is 0.300. The molecule has 0 atom stereocenters. The van der Waals surface area contributed by atoms with Gasteiger partial charge in [-0.05, 0) is 18.6 Å². The Labute approximate surface area is 101 Å². The van der Waals surface area contributed by atoms with Crippen LogP contribution in [-0.4, -0.2) is 20.0 Å². The predicted octanol–water partition coefficient (Wildman–Crippen LogP) is 1.92. The fourth-order valence-electron chi connectivity index (χ4n) is 1.83. The molecule has 18 heavy (non-hydrogen) atoms. The summed E-state index contributed by atoms with van der Waals surface area (Å²) in [6.07, 6.45) is 0.184. The van der Waals surface area contributed by atoms with Crippen molar-refractivity contribution in [2.24, 2.45) is 0 Å². The Morgan fingerprint density at radius 1 is 1.22 bits per heavy atom. The average molecular weight is 279 g/mol. The molecule has 1 aromatic rings. The van der Waals surface area contributed by atoms with E-state index >= 15 is 0 Å². The lowest BCUT2D eigenvalue weighted by Gasteiger charge is -2.11. The molecule has 0 saturated carbocycles. The maximum Gasteiger partial charge on any atom is 0.355 e. The van der Waals surface area contributed by atoms with Gasteiger partial charge in [-0.2, -0.15) is 8.78 Å². The van der Waals surface area contributed by atoms with Crippen LogP contribution >= 0.6 is 0 Å². The standard InChI is InChI=1S/C10H8F3NO3S/c11-6-2-3-7(14-18(16,17)10(12)13)9-5(6)1-4-8(9)15/h2-3,10,14H,1,4H2. The minimum atomic E-state index is -4.87. The van der Waals surface area contributed by atoms with Gasteiger partial charge >= 0.3 is 5.76 Å². The molecule has 0 unspecified atom stereocenters. The molecule has 98 valence electrons. The van der Waals surface area contributed by atoms with Gasteiger partial charge < -0.3 is 0 Å². The Balaban J connectivity index is 2.49. The number of halogens is 3. The monoisotopic (exact) mass is 279 g/mol. The Hall–Kier alpha value is -1.57. The van der Waals surface area contributed by atoms with Crippen LogP contribution in [0.1, 0.15) is 22.3 Å². The molecule has 0 bridgehead atoms. The number of carbonyl (C=O) groups is 1. The zero-order valence-electron chi connectivity index (χ0n) is 8.91. The highest BCUT2D eigenvalue weighted by Crippen LogP contribution is 2.32. The molecule has 1 aliphatic carbocycles. The van der Waals surface area contributed by atoms with Crippen LogP contribution in [0.25, 0.3) is 0 Å². The number of Topliss-reactive ketones (excluding diaryl/α,β-unsaturated/α-hetero) is 1. The van der Waals surface area contributed by atoms with Crippen molar-refractivity contribution in [2.45, 2.75) is 18.6 Å². The molecule has 1 N–H and O–H groups in total. The molecule has 0 fully saturated rings. The number of hydrogen-bond acceptors (Lipinski definition) is 3. The lowest BCUT2D eigenvalue weighted by molar-refractivity contribution is 0.0995. The second kappa shape index (κ2) is 4.27. The second-order valence-corrected chi connectivity index (χ2v) is 5.43. The number of ketones is 1. The van der Waals surface area contributed by atoms with Gasteiger partial charge in [0.2, 0.25) is 0 Å². The molecule has 0 heterocycles. The van der Waals surface area contributed by atoms with Crippen molar-refractivity contribution in [3.8, 4) is 0 Å². The Morgan fingerprint density at radius 2 is 1.89 bits per heavy atom. The summed E-state index contributed by atoms with van der Waals surface area (Å²) in [7, 11) is -4.87. The maximum atomic E-state index is 13.4. The van der Waals surface area contributed by atoms with E-state index in [1.165, 1.54) is 0 Å². The quantitative estimate of drug-likeness (QED) is 0.919. The third kappa shape index (κ3) is 2.07. The topological polar surface area (TPSA) is 63.2 Å². The number of alkyl halides is 2. The van der Waals surface area contributed by atoms with Crippen LogP contribution in [0.2, 0.25) is 0 Å². The van der Waals surface area contributed by atoms with Gasteiger partial charge in [0.05, 0.1) is 5.69 Å². The molecule has 4 nitrogen and oxygen atoms in total. The van der Waals surface area contributed by atoms with E-state index in [2.05, 4.69) is 0 Å². The van der Waals surface area contributed by atoms with Crippen LogP contribution in [0.15, 0.2) is 12.1 Å². The summed E-state index contributed by atoms with van der Waals surface area (Å²) in [5.74, 6) is -4.72. The van der Waals surface area contributed by atoms with Crippen molar-refractivity contribution in [2.75, 3.05) is 4.72 Å². The summed E-state index contributed by atoms with van der Waals surface area (Å²) < 4.78 is 61.5. The van der Waals surface area contributed by atoms with Gasteiger partial charge in [0.25, 0.3) is 10.0 Å². The number of rotatable bonds is 3. The van der Waals surface area contributed by atoms with E-state index < -0.39 is 27.4 Å². The summed E-state index contributed by atoms with van der Waals surface area (Å²) in [5, 5.41) is 0. The van der Waals surface area contributed by atoms with Crippen molar-refractivity contribution in [1.29, 1.82) is 0 Å². The van der Waals surface area contributed by atoms with Crippen molar-refractivity contribution >= 4 is 21.5 Å². The van der Waals surface area contributed by atoms with Crippen LogP contribution < -0.4 is 4.72 Å². The summed E-state index contributed by atoms with van der Waals surface area (Å²) in [6.45, 7) is 0. The molecule has 0 aliphatic heterocycles. The Kier molecular flexibility index (Phi) is 3.05. The minimum absolute atomic E-state index is 0.0413. The molecule has 8 heteroatoms. The number of hydrogen-bond donors (Lipinski definition) is 1. The Bertz CT molecular complexity index is 613. The van der Waals surface area contributed by atoms with E-state index in [0.29, 0.717) is 0 Å². The lowest BCUT2D eigenvalue weighted by Crippen LogP contribution is -2.21. The van der Waals surface area contributed by atoms with Crippen LogP contribution in [0.4, 0.5) is 18.9 Å². The molecule has 0 amide bonds. The zero-order chi connectivity index (χ0) is 13.5. The highest BCUT2D eigenvalue weighted by Gasteiger charge is 2.30. The average Bonchev–Trinajstić information content (AvgIpc) is 2.66. The number of benzene rings is 1. The molecular formula is C10H8F3NO3S. The van der Waals surface area contributed by atoms with E-state index in [1.54, 1.807) is 4.72 Å². The summed E-state index contributed by atoms with van der Waals surface area (Å²) in [4.78, 5) is 11.5. The molecule has 0 radical (unpaired) electrons. The molecule has 0 saturated heterocycles. The van der Waals surface area contributed by atoms with Crippen LogP contribution in [0.5, 0.6) is 0 Å². The molecule has 2 rings (SSSR count). The highest BCUT2D eigenvalue weighted by molar-refractivity contribution is 7.93. The number of anilines is 1. The molecular weight excluding hydrogens is 271 g/mol. The number of sulfonamides is 1. The molecule has 1 aliphatic rings. The van der Waals surface area contributed by atoms with Gasteiger partial charge in [-0.3, -0.25) is 9.52 Å². The second-order valence-electron chi connectivity index (χ2n) is 3.78. The predicted molar refractivity (Wildman–Crippen MR) is 57.6 cm³/mol. The van der Waals surface area contributed by atoms with E-state index in [-0.39, 0.29) is 29.7 Å². The highest BCUT2D eigenvalue weighted by atomic mass is 32.2. The third-order valence-corrected chi connectivity index (χ3v) is 3.60. The fourth-order valence-corrected chi connectivity index (χ4v) is 2.40. The smallest absolute Gasteiger partial charge is 0.294 e. The largest absolute Gasteiger partial charge is 0.355 e. The van der Waals surface area contributed by atoms with Crippen LogP contribution in [-0.2, 0) is 16.4 Å². The summed E-state index contributed by atoms with van der Waals surface area (Å²) in [5.41, 5.74) is -0.386. The Morgan fingerprint density at radius 3 is 2.50 bits per heavy atom. The van der Waals surface area contributed by atoms with Gasteiger partial charge in [-0.1, -0.05) is 0 Å². The van der Waals surface area contributed by atoms with Crippen molar-refractivity contribution in [3.63, 3.8) is 0 Å². The first-order valence-electron chi connectivity index (χ1n) is 4.97. The van der Waals surface area contributed by atoms with E-state index in [9.17, 15) is 26.4 Å². The first-order chi connectivity index (χ1) is 8.33. The van der Waals surface area contributed by atoms with Gasteiger partial charge in [0, 0.05) is 17.5 Å². The SMILES string of the molecule is O=C1CCc2c(F)ccc(NS(=O)(=O)C(F)F)c21. The lowest BCUT2D eigenvalue weighted by atomic mass is 10.1. The third-order valence-electron chi connectivity index (χ3n) is 2.62. The van der Waals surface area contributed by atoms with Gasteiger partial charge in [-0.25, -0.2) is 12.8 Å². The van der Waals surface area contributed by atoms with Crippen LogP contribution in [0.3, 0.4) is 0 Å². The van der Waals surface area contributed by atoms with E-state index in [0.717, 1.165) is 12.1 Å². The minimum Gasteiger partial charge on any atom is -0.294 e. The van der Waals surface area contributed by atoms with Gasteiger partial charge in [-0.15, -0.1) is 0 Å². The normalized spacial score (nSPS) is 15.0. The van der Waals surface area contributed by atoms with E-state index in [4.69, 9.17) is 0 Å². The zero-order valence-corrected chi connectivity index (χ0v) is 9.73. The number of carbonyl (C=O) groups excluding carboxylic acids is 1. The molecule has 0 spiro atoms. The van der Waals surface area contributed by atoms with E-state index in [1.807, 2.05) is 0 Å². The van der Waals surface area contributed by atoms with Gasteiger partial charge in [0.15, 0.2) is 5.78 Å². The van der Waals surface area contributed by atoms with Gasteiger partial charge in [0.1, 0.15) is 5.82 Å².